The molecule has 6 fully saturated rings. The van der Waals surface area contributed by atoms with Crippen LogP contribution in [0.25, 0.3) is 0 Å². The number of methoxy groups -OCH3 is 1. The van der Waals surface area contributed by atoms with Crippen molar-refractivity contribution in [3.8, 4) is 0 Å². The van der Waals surface area contributed by atoms with Gasteiger partial charge in [0.25, 0.3) is 0 Å². The molecule has 0 radical (unpaired) electrons. The monoisotopic (exact) mass is 1070 g/mol. The topological polar surface area (TPSA) is 74.2 Å². The average Bonchev–Trinajstić information content (AvgIpc) is 4.11. The van der Waals surface area contributed by atoms with Gasteiger partial charge in [0.05, 0.1) is 12.7 Å². The fourth-order valence-corrected chi connectivity index (χ4v) is 15.9. The Labute approximate surface area is 446 Å². The molecule has 0 aliphatic heterocycles. The number of aliphatic hydroxyl groups is 1. The van der Waals surface area contributed by atoms with Crippen LogP contribution in [0.2, 0.25) is 36.3 Å². The Morgan fingerprint density at radius 1 is 0.719 bits per heavy atom. The number of hydrogen-bond donors (Lipinski definition) is 1. The number of fused-ring (bicyclic) bond motifs is 2. The van der Waals surface area contributed by atoms with Gasteiger partial charge in [0.2, 0.25) is 0 Å². The van der Waals surface area contributed by atoms with E-state index in [0.717, 1.165) is 57.2 Å². The number of carbonyl (C=O) groups is 1. The molecule has 0 amide bonds. The number of esters is 1. The molecule has 6 aliphatic rings. The molecule has 0 aromatic rings. The van der Waals surface area contributed by atoms with Crippen LogP contribution in [0.15, 0.2) is 0 Å². The molecule has 6 aliphatic carbocycles. The van der Waals surface area contributed by atoms with Gasteiger partial charge >= 0.3 is 29.0 Å². The van der Waals surface area contributed by atoms with Crippen molar-refractivity contribution < 1.29 is 64.5 Å². The molecule has 10 heteroatoms. The van der Waals surface area contributed by atoms with Crippen LogP contribution in [0.3, 0.4) is 0 Å². The SMILES string of the molecule is CCOCC.COC(=O)CCCC1(C2CCC3[C@@H](O[Si](C)(C)C(C)(C)C)CCC[C@@]32C)CC1.[2H]C([2H])([2H])C(O)(CCCC1(C2CCC3[C@@H](O[Si](C)(C)C(C)(C)C)CCC[C@@]32C)CC1)C([2H])([2H])[2H].[2H][C-]([2H])[2H].[I-].[Mg+2]. The van der Waals surface area contributed by atoms with Crippen molar-refractivity contribution in [1.82, 2.24) is 0 Å². The van der Waals surface area contributed by atoms with Gasteiger partial charge in [0, 0.05) is 40.1 Å². The summed E-state index contributed by atoms with van der Waals surface area (Å²) in [6, 6.07) is 0. The van der Waals surface area contributed by atoms with Crippen LogP contribution in [0.4, 0.5) is 0 Å². The Hall–Kier alpha value is 1.24. The Morgan fingerprint density at radius 2 is 1.11 bits per heavy atom. The average molecular weight is 1070 g/mol. The third-order valence-corrected chi connectivity index (χ3v) is 27.8. The van der Waals surface area contributed by atoms with Gasteiger partial charge in [-0.3, -0.25) is 4.79 Å². The summed E-state index contributed by atoms with van der Waals surface area (Å²) < 4.78 is 87.1. The molecule has 0 heterocycles. The van der Waals surface area contributed by atoms with E-state index in [2.05, 4.69) is 81.6 Å². The van der Waals surface area contributed by atoms with Crippen molar-refractivity contribution in [2.45, 2.75) is 265 Å². The normalized spacial score (nSPS) is 33.9. The van der Waals surface area contributed by atoms with E-state index >= 15 is 0 Å². The van der Waals surface area contributed by atoms with Gasteiger partial charge in [-0.1, -0.05) is 74.7 Å². The maximum Gasteiger partial charge on any atom is 2.00 e. The quantitative estimate of drug-likeness (QED) is 0.0719. The predicted octanol–water partition coefficient (Wildman–Crippen LogP) is 12.1. The third kappa shape index (κ3) is 15.4. The first-order chi connectivity index (χ1) is 32.3. The Balaban J connectivity index is 0.000000618. The van der Waals surface area contributed by atoms with Crippen molar-refractivity contribution in [2.75, 3.05) is 20.3 Å². The predicted molar refractivity (Wildman–Crippen MR) is 274 cm³/mol. The number of carbonyl (C=O) groups excluding carboxylic acids is 1. The van der Waals surface area contributed by atoms with E-state index < -0.39 is 43.3 Å². The largest absolute Gasteiger partial charge is 2.00 e. The number of ether oxygens (including phenoxy) is 2. The minimum atomic E-state index is -2.92. The fraction of sp³-hybridized carbons (Fsp3) is 0.963. The summed E-state index contributed by atoms with van der Waals surface area (Å²) >= 11 is 0. The van der Waals surface area contributed by atoms with Gasteiger partial charge in [0.1, 0.15) is 0 Å². The van der Waals surface area contributed by atoms with Gasteiger partial charge in [-0.15, -0.1) is 0 Å². The van der Waals surface area contributed by atoms with Crippen LogP contribution in [0, 0.1) is 52.7 Å². The first kappa shape index (κ1) is 48.8. The van der Waals surface area contributed by atoms with Crippen LogP contribution in [-0.4, -0.2) is 88.9 Å². The van der Waals surface area contributed by atoms with Crippen molar-refractivity contribution in [3.63, 3.8) is 0 Å². The molecule has 0 aromatic heterocycles. The summed E-state index contributed by atoms with van der Waals surface area (Å²) in [5.41, 5.74) is -1.28. The Kier molecular flexibility index (Phi) is 18.8. The van der Waals surface area contributed by atoms with Crippen LogP contribution < -0.4 is 24.0 Å². The molecule has 374 valence electrons. The number of halogens is 1. The number of hydrogen-bond acceptors (Lipinski definition) is 6. The molecule has 64 heavy (non-hydrogen) atoms. The van der Waals surface area contributed by atoms with Crippen LogP contribution >= 0.6 is 0 Å². The smallest absolute Gasteiger partial charge is 1.00 e. The summed E-state index contributed by atoms with van der Waals surface area (Å²) in [7, 11) is -2.91. The molecule has 4 unspecified atom stereocenters. The van der Waals surface area contributed by atoms with E-state index in [4.69, 9.17) is 30.7 Å². The van der Waals surface area contributed by atoms with Crippen molar-refractivity contribution >= 4 is 45.7 Å². The van der Waals surface area contributed by atoms with E-state index in [1.54, 1.807) is 0 Å². The first-order valence-electron chi connectivity index (χ1n) is 29.8. The summed E-state index contributed by atoms with van der Waals surface area (Å²) in [6.07, 6.45) is 22.2. The molecule has 8 atom stereocenters. The standard InChI is InChI=1S/C25H48O2Si.C24H44O3Si.C4H10O.CH3.HI.Mg/c1-22(2,3)28(7,8)27-20-11-9-15-24(6)19(20)12-13-21(24)25(17-18-25)16-10-14-23(4,5)26;1-22(2,3)28(6,7)27-19-10-8-14-23(4)18(19)12-13-20(23)24(16-17-24)15-9-11-21(25)26-5;1-3-5-4-2;;;/h19-21,26H,9-18H2,1-8H3;18-20H,8-17H2,1-7H3;3-4H2,1-2H3;1H3;1H;/q;;;-1;;+2/p-1/t19?,20-,21?,24-;18?,19-,20?,23-;;;;/m00..../s1/i4D3,5D3;;;1D3;;. The minimum Gasteiger partial charge on any atom is -1.00 e. The maximum absolute atomic E-state index is 11.6. The maximum atomic E-state index is 11.6. The van der Waals surface area contributed by atoms with Crippen LogP contribution in [0.5, 0.6) is 0 Å². The van der Waals surface area contributed by atoms with E-state index in [9.17, 15) is 9.90 Å². The van der Waals surface area contributed by atoms with Gasteiger partial charge in [-0.05, 0) is 212 Å². The molecule has 6 nitrogen and oxygen atoms in total. The van der Waals surface area contributed by atoms with Gasteiger partial charge in [-0.2, -0.15) is 0 Å². The van der Waals surface area contributed by atoms with E-state index in [-0.39, 0.29) is 80.3 Å². The third-order valence-electron chi connectivity index (χ3n) is 18.8. The van der Waals surface area contributed by atoms with E-state index in [1.807, 2.05) is 13.8 Å². The molecule has 0 aromatic carbocycles. The van der Waals surface area contributed by atoms with Crippen molar-refractivity contribution in [3.05, 3.63) is 7.35 Å². The van der Waals surface area contributed by atoms with Crippen LogP contribution in [0.1, 0.15) is 224 Å². The second-order valence-corrected chi connectivity index (χ2v) is 34.3. The number of rotatable bonds is 16. The summed E-state index contributed by atoms with van der Waals surface area (Å²) in [6.45, 7) is 28.4. The molecule has 0 saturated heterocycles. The molecule has 0 bridgehead atoms. The van der Waals surface area contributed by atoms with Gasteiger partial charge in [0.15, 0.2) is 16.6 Å². The Bertz CT molecular complexity index is 1650. The first-order valence-corrected chi connectivity index (χ1v) is 31.1. The zero-order chi connectivity index (χ0) is 54.5. The molecule has 6 saturated carbocycles. The van der Waals surface area contributed by atoms with E-state index in [0.29, 0.717) is 47.7 Å². The van der Waals surface area contributed by atoms with Crippen molar-refractivity contribution in [2.24, 2.45) is 45.3 Å². The second-order valence-electron chi connectivity index (χ2n) is 24.8. The van der Waals surface area contributed by atoms with Gasteiger partial charge in [-0.25, -0.2) is 4.11 Å². The second kappa shape index (κ2) is 24.6. The fourth-order valence-electron chi connectivity index (χ4n) is 13.1. The summed E-state index contributed by atoms with van der Waals surface area (Å²) in [5, 5.41) is 11.2. The van der Waals surface area contributed by atoms with Gasteiger partial charge < -0.3 is 54.8 Å². The summed E-state index contributed by atoms with van der Waals surface area (Å²) in [5.74, 6) is 2.66. The van der Waals surface area contributed by atoms with Crippen LogP contribution in [-0.2, 0) is 23.1 Å². The molecule has 6 rings (SSSR count). The van der Waals surface area contributed by atoms with Crippen molar-refractivity contribution in [1.29, 1.82) is 0 Å². The molecule has 0 spiro atoms. The minimum absolute atomic E-state index is 0. The molecule has 1 N–H and O–H groups in total. The zero-order valence-corrected chi connectivity index (χ0v) is 49.7. The zero-order valence-electron chi connectivity index (χ0n) is 53.1. The molecular weight excluding hydrogens is 952 g/mol. The van der Waals surface area contributed by atoms with E-state index in [1.165, 1.54) is 84.2 Å². The Morgan fingerprint density at radius 3 is 1.42 bits per heavy atom. The summed E-state index contributed by atoms with van der Waals surface area (Å²) in [4.78, 5) is 11.6. The molecular formula is C54H105IMgO6Si2.